The molecule has 0 radical (unpaired) electrons. The molecule has 1 atom stereocenters. The predicted octanol–water partition coefficient (Wildman–Crippen LogP) is 6.77. The number of thioether (sulfide) groups is 1. The van der Waals surface area contributed by atoms with Crippen molar-refractivity contribution in [3.63, 3.8) is 0 Å². The summed E-state index contributed by atoms with van der Waals surface area (Å²) >= 11 is 1.30. The van der Waals surface area contributed by atoms with Gasteiger partial charge in [0.15, 0.2) is 0 Å². The van der Waals surface area contributed by atoms with Crippen LogP contribution in [0.5, 0.6) is 5.75 Å². The molecule has 3 aromatic carbocycles. The van der Waals surface area contributed by atoms with E-state index in [1.54, 1.807) is 12.1 Å². The second-order valence-corrected chi connectivity index (χ2v) is 7.56. The minimum atomic E-state index is -4.73. The summed E-state index contributed by atoms with van der Waals surface area (Å²) in [6.45, 7) is 0. The average Bonchev–Trinajstić information content (AvgIpc) is 3.17. The van der Waals surface area contributed by atoms with Crippen LogP contribution in [-0.2, 0) is 0 Å². The summed E-state index contributed by atoms with van der Waals surface area (Å²) in [6.07, 6.45) is -4.73. The van der Waals surface area contributed by atoms with Gasteiger partial charge in [0.2, 0.25) is 0 Å². The van der Waals surface area contributed by atoms with E-state index in [0.717, 1.165) is 16.7 Å². The van der Waals surface area contributed by atoms with E-state index in [4.69, 9.17) is 0 Å². The molecule has 2 nitrogen and oxygen atoms in total. The van der Waals surface area contributed by atoms with Gasteiger partial charge in [0.05, 0.1) is 11.6 Å². The number of hydrogen-bond donors (Lipinski definition) is 0. The first-order valence-corrected chi connectivity index (χ1v) is 9.90. The van der Waals surface area contributed by atoms with Crippen molar-refractivity contribution in [1.82, 2.24) is 0 Å². The summed E-state index contributed by atoms with van der Waals surface area (Å²) in [6, 6.07) is 16.4. The van der Waals surface area contributed by atoms with Crippen LogP contribution in [0.15, 0.2) is 71.7 Å². The van der Waals surface area contributed by atoms with Crippen molar-refractivity contribution in [2.45, 2.75) is 12.4 Å². The van der Waals surface area contributed by atoms with Gasteiger partial charge in [0, 0.05) is 5.75 Å². The summed E-state index contributed by atoms with van der Waals surface area (Å²) in [5.74, 6) is -1.01. The van der Waals surface area contributed by atoms with E-state index >= 15 is 0 Å². The zero-order chi connectivity index (χ0) is 21.3. The Morgan fingerprint density at radius 2 is 1.40 bits per heavy atom. The van der Waals surface area contributed by atoms with Crippen LogP contribution < -0.4 is 4.74 Å². The van der Waals surface area contributed by atoms with Crippen LogP contribution in [-0.4, -0.2) is 17.2 Å². The first kappa shape index (κ1) is 20.4. The van der Waals surface area contributed by atoms with E-state index in [0.29, 0.717) is 10.8 Å². The zero-order valence-electron chi connectivity index (χ0n) is 15.3. The Balaban J connectivity index is 1.51. The SMILES string of the molecule is Fc1cccc(F)c1C1=NC(c2ccc(-c3ccc(OC(F)(F)F)cc3)cc2)CS1. The molecule has 1 aliphatic heterocycles. The Morgan fingerprint density at radius 1 is 0.833 bits per heavy atom. The second kappa shape index (κ2) is 8.10. The normalized spacial score (nSPS) is 16.4. The van der Waals surface area contributed by atoms with Crippen molar-refractivity contribution < 1.29 is 26.7 Å². The van der Waals surface area contributed by atoms with E-state index in [9.17, 15) is 22.0 Å². The van der Waals surface area contributed by atoms with Crippen molar-refractivity contribution in [2.75, 3.05) is 5.75 Å². The van der Waals surface area contributed by atoms with Gasteiger partial charge in [-0.25, -0.2) is 8.78 Å². The molecular weight excluding hydrogens is 421 g/mol. The smallest absolute Gasteiger partial charge is 0.406 e. The maximum atomic E-state index is 14.0. The van der Waals surface area contributed by atoms with Crippen LogP contribution in [0.3, 0.4) is 0 Å². The second-order valence-electron chi connectivity index (χ2n) is 6.55. The lowest BCUT2D eigenvalue weighted by Gasteiger charge is -2.10. The third kappa shape index (κ3) is 4.48. The summed E-state index contributed by atoms with van der Waals surface area (Å²) in [4.78, 5) is 4.47. The molecular formula is C22H14F5NOS. The standard InChI is InChI=1S/C22H14F5NOS/c23-17-2-1-3-18(24)20(17)21-28-19(12-30-21)15-6-4-13(5-7-15)14-8-10-16(11-9-14)29-22(25,26)27/h1-11,19H,12H2. The minimum absolute atomic E-state index is 0.109. The molecule has 0 N–H and O–H groups in total. The molecule has 4 rings (SSSR count). The maximum Gasteiger partial charge on any atom is 0.573 e. The molecule has 1 unspecified atom stereocenters. The number of benzene rings is 3. The quantitative estimate of drug-likeness (QED) is 0.422. The van der Waals surface area contributed by atoms with Crippen LogP contribution >= 0.6 is 11.8 Å². The van der Waals surface area contributed by atoms with Crippen LogP contribution in [0.1, 0.15) is 17.2 Å². The number of alkyl halides is 3. The molecule has 3 aromatic rings. The maximum absolute atomic E-state index is 14.0. The highest BCUT2D eigenvalue weighted by Gasteiger charge is 2.31. The molecule has 154 valence electrons. The topological polar surface area (TPSA) is 21.6 Å². The molecule has 0 amide bonds. The van der Waals surface area contributed by atoms with Gasteiger partial charge in [-0.2, -0.15) is 0 Å². The van der Waals surface area contributed by atoms with Gasteiger partial charge in [0.1, 0.15) is 22.4 Å². The van der Waals surface area contributed by atoms with E-state index in [1.165, 1.54) is 42.1 Å². The molecule has 0 aromatic heterocycles. The summed E-state index contributed by atoms with van der Waals surface area (Å²) < 4.78 is 68.6. The largest absolute Gasteiger partial charge is 0.573 e. The minimum Gasteiger partial charge on any atom is -0.406 e. The third-order valence-electron chi connectivity index (χ3n) is 4.54. The first-order valence-electron chi connectivity index (χ1n) is 8.91. The van der Waals surface area contributed by atoms with Crippen molar-refractivity contribution in [3.05, 3.63) is 89.5 Å². The van der Waals surface area contributed by atoms with Gasteiger partial charge in [-0.05, 0) is 41.0 Å². The Hall–Kier alpha value is -2.87. The van der Waals surface area contributed by atoms with Crippen LogP contribution in [0.2, 0.25) is 0 Å². The number of ether oxygens (including phenoxy) is 1. The lowest BCUT2D eigenvalue weighted by molar-refractivity contribution is -0.274. The number of aliphatic imine (C=N–C) groups is 1. The monoisotopic (exact) mass is 435 g/mol. The van der Waals surface area contributed by atoms with Crippen LogP contribution in [0.25, 0.3) is 11.1 Å². The van der Waals surface area contributed by atoms with Gasteiger partial charge in [-0.15, -0.1) is 24.9 Å². The van der Waals surface area contributed by atoms with Gasteiger partial charge in [-0.1, -0.05) is 42.5 Å². The lowest BCUT2D eigenvalue weighted by atomic mass is 10.0. The Labute approximate surface area is 173 Å². The molecule has 30 heavy (non-hydrogen) atoms. The lowest BCUT2D eigenvalue weighted by Crippen LogP contribution is -2.16. The number of nitrogens with zero attached hydrogens (tertiary/aromatic N) is 1. The highest BCUT2D eigenvalue weighted by atomic mass is 32.2. The van der Waals surface area contributed by atoms with Crippen molar-refractivity contribution in [2.24, 2.45) is 4.99 Å². The Morgan fingerprint density at radius 3 is 1.97 bits per heavy atom. The molecule has 1 heterocycles. The van der Waals surface area contributed by atoms with Crippen molar-refractivity contribution >= 4 is 16.8 Å². The van der Waals surface area contributed by atoms with Gasteiger partial charge in [-0.3, -0.25) is 4.99 Å². The number of hydrogen-bond acceptors (Lipinski definition) is 3. The number of halogens is 5. The fourth-order valence-electron chi connectivity index (χ4n) is 3.13. The summed E-state index contributed by atoms with van der Waals surface area (Å²) in [7, 11) is 0. The molecule has 0 fully saturated rings. The highest BCUT2D eigenvalue weighted by molar-refractivity contribution is 8.14. The Bertz CT molecular complexity index is 1060. The highest BCUT2D eigenvalue weighted by Crippen LogP contribution is 2.35. The summed E-state index contributed by atoms with van der Waals surface area (Å²) in [5.41, 5.74) is 2.32. The van der Waals surface area contributed by atoms with Crippen molar-refractivity contribution in [3.8, 4) is 16.9 Å². The molecule has 0 saturated carbocycles. The fraction of sp³-hybridized carbons (Fsp3) is 0.136. The molecule has 0 spiro atoms. The van der Waals surface area contributed by atoms with Crippen LogP contribution in [0.4, 0.5) is 22.0 Å². The molecule has 0 bridgehead atoms. The predicted molar refractivity (Wildman–Crippen MR) is 107 cm³/mol. The van der Waals surface area contributed by atoms with Crippen LogP contribution in [0, 0.1) is 11.6 Å². The number of rotatable bonds is 4. The van der Waals surface area contributed by atoms with E-state index in [2.05, 4.69) is 9.73 Å². The van der Waals surface area contributed by atoms with Crippen molar-refractivity contribution in [1.29, 1.82) is 0 Å². The fourth-order valence-corrected chi connectivity index (χ4v) is 4.25. The molecule has 0 aliphatic carbocycles. The third-order valence-corrected chi connectivity index (χ3v) is 5.61. The molecule has 8 heteroatoms. The van der Waals surface area contributed by atoms with Gasteiger partial charge in [0.25, 0.3) is 0 Å². The molecule has 0 saturated heterocycles. The van der Waals surface area contributed by atoms with E-state index in [1.807, 2.05) is 24.3 Å². The average molecular weight is 435 g/mol. The summed E-state index contributed by atoms with van der Waals surface area (Å²) in [5, 5.41) is 0.333. The van der Waals surface area contributed by atoms with E-state index < -0.39 is 18.0 Å². The van der Waals surface area contributed by atoms with E-state index in [-0.39, 0.29) is 17.4 Å². The Kier molecular flexibility index (Phi) is 5.51. The zero-order valence-corrected chi connectivity index (χ0v) is 16.1. The van der Waals surface area contributed by atoms with Gasteiger partial charge >= 0.3 is 6.36 Å². The first-order chi connectivity index (χ1) is 14.3. The van der Waals surface area contributed by atoms with Gasteiger partial charge < -0.3 is 4.74 Å². The molecule has 1 aliphatic rings.